The Morgan fingerprint density at radius 1 is 0.960 bits per heavy atom. The molecule has 0 aromatic heterocycles. The van der Waals surface area contributed by atoms with Crippen LogP contribution in [0.15, 0.2) is 48.5 Å². The van der Waals surface area contributed by atoms with E-state index in [1.54, 1.807) is 0 Å². The van der Waals surface area contributed by atoms with Crippen LogP contribution in [0, 0.1) is 0 Å². The molecule has 0 amide bonds. The van der Waals surface area contributed by atoms with Crippen molar-refractivity contribution in [2.24, 2.45) is 0 Å². The Bertz CT molecular complexity index is 607. The maximum Gasteiger partial charge on any atom is 2.00 e. The van der Waals surface area contributed by atoms with Crippen LogP contribution in [-0.4, -0.2) is 29.3 Å². The Hall–Kier alpha value is -0.591. The van der Waals surface area contributed by atoms with Crippen LogP contribution in [0.1, 0.15) is 47.1 Å². The summed E-state index contributed by atoms with van der Waals surface area (Å²) >= 11 is 0. The molecule has 0 fully saturated rings. The third-order valence-corrected chi connectivity index (χ3v) is 9.04. The van der Waals surface area contributed by atoms with Crippen LogP contribution in [0.25, 0.3) is 0 Å². The molecule has 2 aromatic carbocycles. The minimum Gasteiger partial charge on any atom is -0.320 e. The Kier molecular flexibility index (Phi) is 9.15. The molecule has 0 unspecified atom stereocenters. The van der Waals surface area contributed by atoms with Crippen LogP contribution in [0.5, 0.6) is 0 Å². The first-order valence-corrected chi connectivity index (χ1v) is 10.3. The second-order valence-electron chi connectivity index (χ2n) is 8.59. The summed E-state index contributed by atoms with van der Waals surface area (Å²) in [5.41, 5.74) is 1.21. The van der Waals surface area contributed by atoms with Crippen molar-refractivity contribution in [3.8, 4) is 0 Å². The Labute approximate surface area is 165 Å². The molecule has 25 heavy (non-hydrogen) atoms. The number of hydrogen-bond donors (Lipinski definition) is 0. The molecule has 2 aromatic rings. The Morgan fingerprint density at radius 3 is 1.76 bits per heavy atom. The van der Waals surface area contributed by atoms with E-state index in [0.29, 0.717) is 0 Å². The van der Waals surface area contributed by atoms with Crippen molar-refractivity contribution in [1.29, 1.82) is 0 Å². The first kappa shape index (κ1) is 24.4. The summed E-state index contributed by atoms with van der Waals surface area (Å²) in [7, 11) is 1.59. The van der Waals surface area contributed by atoms with Gasteiger partial charge in [0, 0.05) is 10.3 Å². The summed E-state index contributed by atoms with van der Waals surface area (Å²) in [5, 5.41) is 0.627. The van der Waals surface area contributed by atoms with Gasteiger partial charge in [0.15, 0.2) is 0 Å². The van der Waals surface area contributed by atoms with Crippen molar-refractivity contribution in [3.63, 3.8) is 0 Å². The zero-order valence-corrected chi connectivity index (χ0v) is 19.0. The van der Waals surface area contributed by atoms with E-state index in [1.165, 1.54) is 5.56 Å². The summed E-state index contributed by atoms with van der Waals surface area (Å²) in [5.74, 6) is 0. The monoisotopic (exact) mass is 403 g/mol. The van der Waals surface area contributed by atoms with Gasteiger partial charge in [-0.1, -0.05) is 41.5 Å². The van der Waals surface area contributed by atoms with Crippen LogP contribution in [0.4, 0.5) is 0 Å². The van der Waals surface area contributed by atoms with E-state index < -0.39 is 7.14 Å². The first-order valence-electron chi connectivity index (χ1n) is 8.58. The zero-order chi connectivity index (χ0) is 18.6. The molecule has 0 N–H and O–H groups in total. The topological polar surface area (TPSA) is 20.3 Å². The fraction of sp³-hybridized carbons (Fsp3) is 0.524. The smallest absolute Gasteiger partial charge is 0.320 e. The molecule has 2 nitrogen and oxygen atoms in total. The summed E-state index contributed by atoms with van der Waals surface area (Å²) in [4.78, 5) is 2.13. The van der Waals surface area contributed by atoms with Gasteiger partial charge in [0.2, 0.25) is 0 Å². The van der Waals surface area contributed by atoms with Gasteiger partial charge < -0.3 is 9.46 Å². The molecule has 0 bridgehead atoms. The van der Waals surface area contributed by atoms with Crippen LogP contribution < -0.4 is 5.30 Å². The standard InChI is InChI=1S/C16H29NOP.C5H5.Fe/c1-15(2,3)19(18,16(4,5)6)14-11-9-10-13(14)12-17(7)8;1-2-4-5-3-1;/h9-11H,12H2,1-8H3;1-5H;/q2*-1;+2. The normalized spacial score (nSPS) is 12.4. The molecule has 0 radical (unpaired) electrons. The number of nitrogens with zero attached hydrogens (tertiary/aromatic N) is 1. The molecule has 0 aliphatic carbocycles. The predicted molar refractivity (Wildman–Crippen MR) is 108 cm³/mol. The molecular weight excluding hydrogens is 369 g/mol. The fourth-order valence-electron chi connectivity index (χ4n) is 3.28. The molecule has 0 aliphatic rings. The van der Waals surface area contributed by atoms with Crippen molar-refractivity contribution in [3.05, 3.63) is 54.1 Å². The predicted octanol–water partition coefficient (Wildman–Crippen LogP) is 5.46. The second kappa shape index (κ2) is 9.38. The van der Waals surface area contributed by atoms with Gasteiger partial charge >= 0.3 is 17.1 Å². The van der Waals surface area contributed by atoms with Gasteiger partial charge in [0.1, 0.15) is 7.14 Å². The van der Waals surface area contributed by atoms with Gasteiger partial charge in [-0.15, -0.1) is 5.30 Å². The van der Waals surface area contributed by atoms with Gasteiger partial charge in [-0.25, -0.2) is 18.2 Å². The molecule has 0 atom stereocenters. The van der Waals surface area contributed by atoms with Crippen LogP contribution in [0.2, 0.25) is 0 Å². The minimum absolute atomic E-state index is 0. The van der Waals surface area contributed by atoms with E-state index >= 15 is 0 Å². The van der Waals surface area contributed by atoms with Crippen LogP contribution in [-0.2, 0) is 28.2 Å². The van der Waals surface area contributed by atoms with Crippen LogP contribution in [0.3, 0.4) is 0 Å². The van der Waals surface area contributed by atoms with Gasteiger partial charge in [-0.2, -0.15) is 35.9 Å². The minimum atomic E-state index is -2.51. The summed E-state index contributed by atoms with van der Waals surface area (Å²) in [6.07, 6.45) is 0. The van der Waals surface area contributed by atoms with Crippen LogP contribution >= 0.6 is 7.14 Å². The quantitative estimate of drug-likeness (QED) is 0.386. The maximum absolute atomic E-state index is 13.9. The van der Waals surface area contributed by atoms with E-state index in [0.717, 1.165) is 11.8 Å². The fourth-order valence-corrected chi connectivity index (χ4v) is 7.58. The third-order valence-electron chi connectivity index (χ3n) is 4.15. The summed E-state index contributed by atoms with van der Waals surface area (Å²) < 4.78 is 13.9. The molecule has 142 valence electrons. The van der Waals surface area contributed by atoms with Crippen molar-refractivity contribution in [2.45, 2.75) is 58.4 Å². The van der Waals surface area contributed by atoms with E-state index in [4.69, 9.17) is 0 Å². The maximum atomic E-state index is 13.9. The molecule has 0 saturated heterocycles. The van der Waals surface area contributed by atoms with Crippen molar-refractivity contribution in [1.82, 2.24) is 4.90 Å². The van der Waals surface area contributed by atoms with Gasteiger partial charge in [0.05, 0.1) is 0 Å². The molecule has 2 rings (SSSR count). The molecule has 4 heteroatoms. The average Bonchev–Trinajstić information content (AvgIpc) is 3.08. The van der Waals surface area contributed by atoms with Gasteiger partial charge in [0.25, 0.3) is 0 Å². The molecule has 0 spiro atoms. The van der Waals surface area contributed by atoms with Gasteiger partial charge in [-0.3, -0.25) is 0 Å². The van der Waals surface area contributed by atoms with Gasteiger partial charge in [-0.05, 0) is 20.6 Å². The van der Waals surface area contributed by atoms with E-state index in [9.17, 15) is 4.57 Å². The van der Waals surface area contributed by atoms with Crippen molar-refractivity contribution < 1.29 is 21.6 Å². The largest absolute Gasteiger partial charge is 2.00 e. The molecule has 0 aliphatic heterocycles. The molecule has 0 saturated carbocycles. The molecular formula is C21H34FeNOP. The average molecular weight is 403 g/mol. The van der Waals surface area contributed by atoms with E-state index in [-0.39, 0.29) is 27.4 Å². The Morgan fingerprint density at radius 2 is 1.44 bits per heavy atom. The first-order chi connectivity index (χ1) is 10.9. The van der Waals surface area contributed by atoms with E-state index in [2.05, 4.69) is 72.7 Å². The van der Waals surface area contributed by atoms with Crippen molar-refractivity contribution >= 4 is 12.4 Å². The second-order valence-corrected chi connectivity index (χ2v) is 13.0. The Balaban J connectivity index is 0.000000820. The number of hydrogen-bond acceptors (Lipinski definition) is 2. The third kappa shape index (κ3) is 5.97. The van der Waals surface area contributed by atoms with E-state index in [1.807, 2.05) is 36.4 Å². The number of rotatable bonds is 3. The zero-order valence-electron chi connectivity index (χ0n) is 17.0. The van der Waals surface area contributed by atoms with Crippen molar-refractivity contribution in [2.75, 3.05) is 14.1 Å². The summed E-state index contributed by atoms with van der Waals surface area (Å²) in [6.45, 7) is 13.5. The SMILES string of the molecule is CN(C)Cc1cc[cH-]c1P(=O)(C(C)(C)C)C(C)(C)C.[Fe+2].c1cc[cH-]c1. The molecule has 0 heterocycles. The summed E-state index contributed by atoms with van der Waals surface area (Å²) in [6, 6.07) is 16.2.